The summed E-state index contributed by atoms with van der Waals surface area (Å²) in [5.41, 5.74) is 5.43. The third-order valence-corrected chi connectivity index (χ3v) is 7.74. The number of esters is 1. The molecule has 3 heterocycles. The van der Waals surface area contributed by atoms with E-state index in [-0.39, 0.29) is 30.5 Å². The van der Waals surface area contributed by atoms with Gasteiger partial charge in [0.25, 0.3) is 5.91 Å². The molecule has 41 heavy (non-hydrogen) atoms. The first-order valence-electron chi connectivity index (χ1n) is 13.1. The summed E-state index contributed by atoms with van der Waals surface area (Å²) >= 11 is 10.4. The molecule has 0 atom stereocenters. The van der Waals surface area contributed by atoms with E-state index < -0.39 is 11.9 Å². The van der Waals surface area contributed by atoms with Crippen molar-refractivity contribution in [1.29, 1.82) is 0 Å². The van der Waals surface area contributed by atoms with Crippen LogP contribution in [0, 0.1) is 0 Å². The zero-order valence-electron chi connectivity index (χ0n) is 22.4. The van der Waals surface area contributed by atoms with E-state index >= 15 is 0 Å². The maximum Gasteiger partial charge on any atom is 0.325 e. The van der Waals surface area contributed by atoms with E-state index in [2.05, 4.69) is 53.8 Å². The van der Waals surface area contributed by atoms with Crippen molar-refractivity contribution < 1.29 is 18.7 Å². The molecule has 5 rings (SSSR count). The fourth-order valence-corrected chi connectivity index (χ4v) is 5.86. The Hall–Kier alpha value is -4.03. The second kappa shape index (κ2) is 12.6. The van der Waals surface area contributed by atoms with Gasteiger partial charge in [-0.25, -0.2) is 10.1 Å². The maximum absolute atomic E-state index is 13.4. The number of aryl methyl sites for hydroxylation is 1. The van der Waals surface area contributed by atoms with Crippen molar-refractivity contribution in [3.05, 3.63) is 69.6 Å². The molecule has 0 saturated carbocycles. The average molecular weight is 641 g/mol. The number of rotatable bonds is 11. The Morgan fingerprint density at radius 1 is 1.15 bits per heavy atom. The predicted molar refractivity (Wildman–Crippen MR) is 156 cm³/mol. The van der Waals surface area contributed by atoms with Crippen LogP contribution in [0.25, 0.3) is 33.6 Å². The summed E-state index contributed by atoms with van der Waals surface area (Å²) in [4.78, 5) is 29.9. The molecular weight excluding hydrogens is 614 g/mol. The molecule has 1 aliphatic carbocycles. The minimum atomic E-state index is -0.537. The lowest BCUT2D eigenvalue weighted by molar-refractivity contribution is -0.141. The molecule has 1 amide bonds. The number of fused-ring (bicyclic) bond motifs is 1. The number of nitrogens with one attached hydrogen (secondary N) is 2. The van der Waals surface area contributed by atoms with Gasteiger partial charge in [-0.15, -0.1) is 5.10 Å². The number of H-pyrrole nitrogens is 1. The van der Waals surface area contributed by atoms with Crippen LogP contribution in [0.2, 0.25) is 5.15 Å². The van der Waals surface area contributed by atoms with Crippen molar-refractivity contribution in [1.82, 2.24) is 35.5 Å². The number of carbonyl (C=O) groups excluding carboxylic acids is 2. The lowest BCUT2D eigenvalue weighted by Gasteiger charge is -2.16. The number of tetrazole rings is 1. The molecule has 2 aliphatic rings. The van der Waals surface area contributed by atoms with Crippen molar-refractivity contribution >= 4 is 39.4 Å². The van der Waals surface area contributed by atoms with E-state index in [0.717, 1.165) is 50.7 Å². The first kappa shape index (κ1) is 28.5. The summed E-state index contributed by atoms with van der Waals surface area (Å²) in [6, 6.07) is 9.67. The summed E-state index contributed by atoms with van der Waals surface area (Å²) in [5.74, 6) is 0.132. The summed E-state index contributed by atoms with van der Waals surface area (Å²) in [6.07, 6.45) is 5.70. The second-order valence-electron chi connectivity index (χ2n) is 9.19. The number of ether oxygens (including phenoxy) is 1. The SMILES string of the molecule is CCCCc1nc(Cl)c(C(=O)NCC(=O)OCC)n1Cc1c2ccocc-2c(Br)c1-c1ccccc1-c1nnn[nH]1. The maximum atomic E-state index is 13.4. The Bertz CT molecular complexity index is 1650. The number of aromatic nitrogens is 6. The van der Waals surface area contributed by atoms with Crippen molar-refractivity contribution in [3.8, 4) is 33.6 Å². The number of aromatic amines is 1. The molecule has 212 valence electrons. The standard InChI is InChI=1S/C28H27BrClN7O4/c1-3-5-10-21-32-26(30)25(28(39)31-13-22(38)41-4-2)37(21)14-19-16-11-12-40-15-20(16)24(29)23(19)17-8-6-7-9-18(17)27-33-35-36-34-27/h6-9,11-12,15H,3-5,10,13-14H2,1-2H3,(H,31,39)(H,33,34,35,36). The number of hydrogen-bond acceptors (Lipinski definition) is 8. The number of unbranched alkanes of at least 4 members (excludes halogenated alkanes) is 1. The summed E-state index contributed by atoms with van der Waals surface area (Å²) in [6.45, 7) is 3.99. The highest BCUT2D eigenvalue weighted by molar-refractivity contribution is 9.10. The van der Waals surface area contributed by atoms with Crippen LogP contribution in [0.15, 0.2) is 51.7 Å². The topological polar surface area (TPSA) is 141 Å². The predicted octanol–water partition coefficient (Wildman–Crippen LogP) is 5.53. The van der Waals surface area contributed by atoms with E-state index in [9.17, 15) is 9.59 Å². The highest BCUT2D eigenvalue weighted by Crippen LogP contribution is 2.48. The van der Waals surface area contributed by atoms with Crippen molar-refractivity contribution in [2.75, 3.05) is 13.2 Å². The Labute approximate surface area is 249 Å². The number of carbonyl (C=O) groups is 2. The van der Waals surface area contributed by atoms with Crippen LogP contribution >= 0.6 is 27.5 Å². The molecule has 11 nitrogen and oxygen atoms in total. The molecule has 0 saturated heterocycles. The molecule has 0 fully saturated rings. The molecule has 1 aromatic carbocycles. The van der Waals surface area contributed by atoms with Gasteiger partial charge in [-0.05, 0) is 62.5 Å². The number of amides is 1. The fraction of sp³-hybridized carbons (Fsp3) is 0.286. The van der Waals surface area contributed by atoms with Gasteiger partial charge in [0.2, 0.25) is 0 Å². The molecule has 13 heteroatoms. The minimum Gasteiger partial charge on any atom is -0.472 e. The van der Waals surface area contributed by atoms with Gasteiger partial charge in [-0.2, -0.15) is 0 Å². The molecule has 2 N–H and O–H groups in total. The van der Waals surface area contributed by atoms with Gasteiger partial charge >= 0.3 is 5.97 Å². The van der Waals surface area contributed by atoms with Crippen LogP contribution in [-0.2, 0) is 22.5 Å². The zero-order chi connectivity index (χ0) is 28.9. The molecule has 0 unspecified atom stereocenters. The summed E-state index contributed by atoms with van der Waals surface area (Å²) < 4.78 is 13.1. The zero-order valence-corrected chi connectivity index (χ0v) is 24.8. The van der Waals surface area contributed by atoms with E-state index in [1.54, 1.807) is 19.5 Å². The summed E-state index contributed by atoms with van der Waals surface area (Å²) in [7, 11) is 0. The normalized spacial score (nSPS) is 11.2. The highest BCUT2D eigenvalue weighted by atomic mass is 79.9. The number of hydrogen-bond donors (Lipinski definition) is 2. The van der Waals surface area contributed by atoms with Crippen LogP contribution in [0.1, 0.15) is 48.6 Å². The molecular formula is C28H27BrClN7O4. The Balaban J connectivity index is 1.66. The average Bonchev–Trinajstić information content (AvgIpc) is 3.69. The van der Waals surface area contributed by atoms with E-state index in [1.807, 2.05) is 34.9 Å². The number of imidazole rings is 1. The third kappa shape index (κ3) is 5.75. The van der Waals surface area contributed by atoms with Gasteiger partial charge in [0.05, 0.1) is 25.7 Å². The van der Waals surface area contributed by atoms with Crippen molar-refractivity contribution in [3.63, 3.8) is 0 Å². The lowest BCUT2D eigenvalue weighted by Crippen LogP contribution is -2.32. The van der Waals surface area contributed by atoms with E-state index in [1.165, 1.54) is 0 Å². The molecule has 0 radical (unpaired) electrons. The van der Waals surface area contributed by atoms with E-state index in [4.69, 9.17) is 20.8 Å². The van der Waals surface area contributed by atoms with Crippen molar-refractivity contribution in [2.24, 2.45) is 0 Å². The quantitative estimate of drug-likeness (QED) is 0.180. The second-order valence-corrected chi connectivity index (χ2v) is 10.3. The van der Waals surface area contributed by atoms with Gasteiger partial charge in [0.15, 0.2) is 11.0 Å². The van der Waals surface area contributed by atoms with Crippen LogP contribution in [0.4, 0.5) is 0 Å². The van der Waals surface area contributed by atoms with Crippen molar-refractivity contribution in [2.45, 2.75) is 39.7 Å². The van der Waals surface area contributed by atoms with E-state index in [0.29, 0.717) is 18.1 Å². The fourth-order valence-electron chi connectivity index (χ4n) is 4.81. The number of halogens is 2. The molecule has 2 aromatic heterocycles. The molecule has 0 spiro atoms. The monoisotopic (exact) mass is 639 g/mol. The first-order valence-corrected chi connectivity index (χ1v) is 14.3. The first-order chi connectivity index (χ1) is 19.9. The van der Waals surface area contributed by atoms with Gasteiger partial charge in [-0.1, -0.05) is 49.2 Å². The molecule has 3 aromatic rings. The Morgan fingerprint density at radius 3 is 2.68 bits per heavy atom. The van der Waals surface area contributed by atoms with Gasteiger partial charge < -0.3 is 19.0 Å². The largest absolute Gasteiger partial charge is 0.472 e. The van der Waals surface area contributed by atoms with Gasteiger partial charge in [-0.3, -0.25) is 9.59 Å². The van der Waals surface area contributed by atoms with Crippen LogP contribution in [-0.4, -0.2) is 55.2 Å². The number of nitrogens with zero attached hydrogens (tertiary/aromatic N) is 5. The highest BCUT2D eigenvalue weighted by Gasteiger charge is 2.29. The smallest absolute Gasteiger partial charge is 0.325 e. The van der Waals surface area contributed by atoms with Crippen LogP contribution in [0.5, 0.6) is 0 Å². The Kier molecular flexibility index (Phi) is 8.79. The van der Waals surface area contributed by atoms with Crippen LogP contribution in [0.3, 0.4) is 0 Å². The minimum absolute atomic E-state index is 0.0667. The number of benzene rings is 1. The molecule has 0 bridgehead atoms. The lowest BCUT2D eigenvalue weighted by atomic mass is 9.97. The van der Waals surface area contributed by atoms with Crippen LogP contribution < -0.4 is 5.32 Å². The Morgan fingerprint density at radius 2 is 1.95 bits per heavy atom. The van der Waals surface area contributed by atoms with Gasteiger partial charge in [0, 0.05) is 27.6 Å². The third-order valence-electron chi connectivity index (χ3n) is 6.66. The summed E-state index contributed by atoms with van der Waals surface area (Å²) in [5, 5.41) is 17.2. The van der Waals surface area contributed by atoms with Gasteiger partial charge in [0.1, 0.15) is 18.1 Å². The molecule has 1 aliphatic heterocycles.